The maximum absolute atomic E-state index is 13.0. The SMILES string of the molecule is CN(Cc1ccc(N(C)C)cc1)C(=O)COC(=O)C12C[C@@H]3C[C@@H](CC(Cl)(C3)C1)C2. The lowest BCUT2D eigenvalue weighted by molar-refractivity contribution is -0.173. The van der Waals surface area contributed by atoms with E-state index in [0.717, 1.165) is 36.9 Å². The molecule has 158 valence electrons. The van der Waals surface area contributed by atoms with E-state index in [4.69, 9.17) is 16.3 Å². The van der Waals surface area contributed by atoms with E-state index < -0.39 is 5.41 Å². The smallest absolute Gasteiger partial charge is 0.312 e. The molecule has 5 nitrogen and oxygen atoms in total. The molecular weight excluding hydrogens is 388 g/mol. The second-order valence-electron chi connectivity index (χ2n) is 9.78. The van der Waals surface area contributed by atoms with Gasteiger partial charge in [0.1, 0.15) is 0 Å². The van der Waals surface area contributed by atoms with Crippen LogP contribution in [0.2, 0.25) is 0 Å². The molecule has 1 aromatic carbocycles. The third-order valence-electron chi connectivity index (χ3n) is 7.05. The number of esters is 1. The van der Waals surface area contributed by atoms with E-state index in [1.807, 2.05) is 43.3 Å². The number of amides is 1. The van der Waals surface area contributed by atoms with E-state index in [2.05, 4.69) is 0 Å². The van der Waals surface area contributed by atoms with E-state index in [1.54, 1.807) is 11.9 Å². The molecule has 0 saturated heterocycles. The lowest BCUT2D eigenvalue weighted by Gasteiger charge is -2.58. The highest BCUT2D eigenvalue weighted by Crippen LogP contribution is 2.64. The second-order valence-corrected chi connectivity index (χ2v) is 10.6. The van der Waals surface area contributed by atoms with Crippen LogP contribution >= 0.6 is 11.6 Å². The van der Waals surface area contributed by atoms with E-state index in [0.29, 0.717) is 24.8 Å². The normalized spacial score (nSPS) is 32.1. The fraction of sp³-hybridized carbons (Fsp3) is 0.652. The van der Waals surface area contributed by atoms with Crippen LogP contribution in [-0.2, 0) is 20.9 Å². The fourth-order valence-corrected chi connectivity index (χ4v) is 6.73. The average molecular weight is 419 g/mol. The largest absolute Gasteiger partial charge is 0.455 e. The summed E-state index contributed by atoms with van der Waals surface area (Å²) in [5.41, 5.74) is 1.69. The first kappa shape index (κ1) is 20.5. The van der Waals surface area contributed by atoms with Gasteiger partial charge in [-0.3, -0.25) is 9.59 Å². The Bertz CT molecular complexity index is 778. The summed E-state index contributed by atoms with van der Waals surface area (Å²) in [6.07, 6.45) is 5.69. The number of nitrogens with zero attached hydrogens (tertiary/aromatic N) is 2. The summed E-state index contributed by atoms with van der Waals surface area (Å²) in [5.74, 6) is 0.670. The Morgan fingerprint density at radius 1 is 1.07 bits per heavy atom. The van der Waals surface area contributed by atoms with Crippen LogP contribution in [0.15, 0.2) is 24.3 Å². The lowest BCUT2D eigenvalue weighted by atomic mass is 9.49. The monoisotopic (exact) mass is 418 g/mol. The summed E-state index contributed by atoms with van der Waals surface area (Å²) in [6.45, 7) is 0.293. The highest BCUT2D eigenvalue weighted by molar-refractivity contribution is 6.24. The van der Waals surface area contributed by atoms with Crippen molar-refractivity contribution < 1.29 is 14.3 Å². The molecule has 0 aliphatic heterocycles. The van der Waals surface area contributed by atoms with Crippen LogP contribution in [0.5, 0.6) is 0 Å². The van der Waals surface area contributed by atoms with Crippen LogP contribution in [0.4, 0.5) is 5.69 Å². The number of hydrogen-bond acceptors (Lipinski definition) is 4. The first-order valence-corrected chi connectivity index (χ1v) is 10.9. The van der Waals surface area contributed by atoms with E-state index in [9.17, 15) is 9.59 Å². The standard InChI is InChI=1S/C23H31ClN2O3/c1-25(2)19-6-4-16(5-7-19)13-26(3)20(27)14-29-21(28)22-9-17-8-18(10-22)12-23(24,11-17)15-22/h4-7,17-18H,8-15H2,1-3H3/t17-,18+,22?,23?. The number of rotatable bonds is 6. The Balaban J connectivity index is 1.31. The minimum Gasteiger partial charge on any atom is -0.455 e. The van der Waals surface area contributed by atoms with E-state index in [1.165, 1.54) is 6.42 Å². The number of benzene rings is 1. The third kappa shape index (κ3) is 4.11. The Kier molecular flexibility index (Phi) is 5.30. The summed E-state index contributed by atoms with van der Waals surface area (Å²) >= 11 is 6.81. The van der Waals surface area contributed by atoms with Gasteiger partial charge in [-0.2, -0.15) is 0 Å². The van der Waals surface area contributed by atoms with Crippen molar-refractivity contribution in [3.8, 4) is 0 Å². The van der Waals surface area contributed by atoms with Crippen molar-refractivity contribution in [1.82, 2.24) is 4.90 Å². The maximum Gasteiger partial charge on any atom is 0.312 e. The molecule has 2 unspecified atom stereocenters. The van der Waals surface area contributed by atoms with Crippen LogP contribution in [0, 0.1) is 17.3 Å². The van der Waals surface area contributed by atoms with Gasteiger partial charge in [-0.05, 0) is 68.1 Å². The van der Waals surface area contributed by atoms with Gasteiger partial charge in [0.05, 0.1) is 5.41 Å². The molecule has 4 fully saturated rings. The summed E-state index contributed by atoms with van der Waals surface area (Å²) < 4.78 is 5.55. The van der Waals surface area contributed by atoms with Gasteiger partial charge in [0.25, 0.3) is 5.91 Å². The molecule has 29 heavy (non-hydrogen) atoms. The molecule has 0 N–H and O–H groups in total. The number of anilines is 1. The minimum atomic E-state index is -0.466. The van der Waals surface area contributed by atoms with Crippen LogP contribution in [0.1, 0.15) is 44.1 Å². The Labute approximate surface area is 178 Å². The molecule has 1 amide bonds. The predicted octanol–water partition coefficient (Wildman–Crippen LogP) is 3.83. The van der Waals surface area contributed by atoms with Crippen molar-refractivity contribution in [2.24, 2.45) is 17.3 Å². The van der Waals surface area contributed by atoms with Crippen molar-refractivity contribution in [3.63, 3.8) is 0 Å². The van der Waals surface area contributed by atoms with Crippen molar-refractivity contribution in [2.45, 2.75) is 49.9 Å². The van der Waals surface area contributed by atoms with Gasteiger partial charge in [-0.15, -0.1) is 11.6 Å². The lowest BCUT2D eigenvalue weighted by Crippen LogP contribution is -2.56. The molecule has 0 radical (unpaired) electrons. The molecule has 0 aromatic heterocycles. The number of hydrogen-bond donors (Lipinski definition) is 0. The third-order valence-corrected chi connectivity index (χ3v) is 7.49. The zero-order valence-electron chi connectivity index (χ0n) is 17.6. The van der Waals surface area contributed by atoms with Crippen LogP contribution in [-0.4, -0.2) is 49.4 Å². The highest BCUT2D eigenvalue weighted by Gasteiger charge is 2.60. The molecule has 4 aliphatic rings. The van der Waals surface area contributed by atoms with Crippen molar-refractivity contribution in [3.05, 3.63) is 29.8 Å². The molecule has 4 atom stereocenters. The number of carbonyl (C=O) groups is 2. The van der Waals surface area contributed by atoms with E-state index in [-0.39, 0.29) is 23.4 Å². The fourth-order valence-electron chi connectivity index (χ4n) is 6.04. The molecule has 4 saturated carbocycles. The van der Waals surface area contributed by atoms with Crippen LogP contribution in [0.25, 0.3) is 0 Å². The Hall–Kier alpha value is -1.75. The zero-order chi connectivity index (χ0) is 20.8. The molecule has 4 bridgehead atoms. The van der Waals surface area contributed by atoms with Crippen LogP contribution in [0.3, 0.4) is 0 Å². The van der Waals surface area contributed by atoms with Crippen molar-refractivity contribution >= 4 is 29.2 Å². The highest BCUT2D eigenvalue weighted by atomic mass is 35.5. The molecule has 1 aromatic rings. The average Bonchev–Trinajstić information content (AvgIpc) is 2.64. The first-order valence-electron chi connectivity index (χ1n) is 10.5. The summed E-state index contributed by atoms with van der Waals surface area (Å²) in [4.78, 5) is 28.9. The van der Waals surface area contributed by atoms with E-state index >= 15 is 0 Å². The van der Waals surface area contributed by atoms with Gasteiger partial charge in [-0.25, -0.2) is 0 Å². The molecule has 0 heterocycles. The summed E-state index contributed by atoms with van der Waals surface area (Å²) in [7, 11) is 5.73. The second kappa shape index (κ2) is 7.50. The number of ether oxygens (including phenoxy) is 1. The van der Waals surface area contributed by atoms with Gasteiger partial charge in [0.2, 0.25) is 0 Å². The first-order chi connectivity index (χ1) is 13.7. The number of alkyl halides is 1. The Morgan fingerprint density at radius 2 is 1.69 bits per heavy atom. The maximum atomic E-state index is 13.0. The van der Waals surface area contributed by atoms with Gasteiger partial charge in [0, 0.05) is 38.2 Å². The molecule has 0 spiro atoms. The number of carbonyl (C=O) groups excluding carboxylic acids is 2. The molecular formula is C23H31ClN2O3. The molecule has 4 aliphatic carbocycles. The number of likely N-dealkylation sites (N-methyl/N-ethyl adjacent to an activating group) is 1. The topological polar surface area (TPSA) is 49.9 Å². The van der Waals surface area contributed by atoms with Gasteiger partial charge in [-0.1, -0.05) is 12.1 Å². The van der Waals surface area contributed by atoms with Gasteiger partial charge < -0.3 is 14.5 Å². The summed E-state index contributed by atoms with van der Waals surface area (Å²) in [6, 6.07) is 8.09. The Morgan fingerprint density at radius 3 is 2.24 bits per heavy atom. The van der Waals surface area contributed by atoms with Crippen molar-refractivity contribution in [1.29, 1.82) is 0 Å². The number of halogens is 1. The predicted molar refractivity (Wildman–Crippen MR) is 114 cm³/mol. The molecule has 5 rings (SSSR count). The van der Waals surface area contributed by atoms with Gasteiger partial charge in [0.15, 0.2) is 6.61 Å². The van der Waals surface area contributed by atoms with Crippen LogP contribution < -0.4 is 4.90 Å². The molecule has 6 heteroatoms. The summed E-state index contributed by atoms with van der Waals surface area (Å²) in [5, 5.41) is 0. The quantitative estimate of drug-likeness (QED) is 0.520. The van der Waals surface area contributed by atoms with Gasteiger partial charge >= 0.3 is 5.97 Å². The zero-order valence-corrected chi connectivity index (χ0v) is 18.4. The van der Waals surface area contributed by atoms with Crippen molar-refractivity contribution in [2.75, 3.05) is 32.6 Å². The minimum absolute atomic E-state index is 0.180.